The molecule has 3 aliphatic carbocycles. The van der Waals surface area contributed by atoms with Crippen molar-refractivity contribution in [3.63, 3.8) is 0 Å². The quantitative estimate of drug-likeness (QED) is 0.504. The highest BCUT2D eigenvalue weighted by Gasteiger charge is 2.48. The van der Waals surface area contributed by atoms with Gasteiger partial charge in [0, 0.05) is 6.42 Å². The van der Waals surface area contributed by atoms with E-state index in [1.807, 2.05) is 12.5 Å². The molecule has 0 saturated heterocycles. The highest BCUT2D eigenvalue weighted by atomic mass is 16.6. The molecule has 5 atom stereocenters. The van der Waals surface area contributed by atoms with Crippen molar-refractivity contribution in [2.75, 3.05) is 6.61 Å². The van der Waals surface area contributed by atoms with Gasteiger partial charge < -0.3 is 4.84 Å². The molecule has 2 nitrogen and oxygen atoms in total. The van der Waals surface area contributed by atoms with Gasteiger partial charge in [-0.25, -0.2) is 0 Å². The molecule has 0 aromatic carbocycles. The monoisotopic (exact) mass is 317 g/mol. The van der Waals surface area contributed by atoms with Crippen LogP contribution in [-0.2, 0) is 4.84 Å². The number of allylic oxidation sites excluding steroid dienone is 2. The van der Waals surface area contributed by atoms with E-state index in [1.54, 1.807) is 0 Å². The lowest BCUT2D eigenvalue weighted by Gasteiger charge is -2.54. The topological polar surface area (TPSA) is 21.6 Å². The third-order valence-electron chi connectivity index (χ3n) is 6.99. The fraction of sp³-hybridized carbons (Fsp3) is 0.857. The van der Waals surface area contributed by atoms with Crippen LogP contribution in [0.4, 0.5) is 0 Å². The first-order valence-electron chi connectivity index (χ1n) is 9.86. The molecule has 0 radical (unpaired) electrons. The highest BCUT2D eigenvalue weighted by molar-refractivity contribution is 5.82. The van der Waals surface area contributed by atoms with E-state index >= 15 is 0 Å². The zero-order valence-electron chi connectivity index (χ0n) is 15.6. The second-order valence-corrected chi connectivity index (χ2v) is 8.81. The summed E-state index contributed by atoms with van der Waals surface area (Å²) in [6.07, 6.45) is 13.9. The van der Waals surface area contributed by atoms with Gasteiger partial charge in [0.2, 0.25) is 0 Å². The van der Waals surface area contributed by atoms with Gasteiger partial charge in [0.05, 0.1) is 5.71 Å². The highest BCUT2D eigenvalue weighted by Crippen LogP contribution is 2.58. The van der Waals surface area contributed by atoms with Gasteiger partial charge in [-0.2, -0.15) is 0 Å². The van der Waals surface area contributed by atoms with Gasteiger partial charge in [-0.1, -0.05) is 50.4 Å². The van der Waals surface area contributed by atoms with Crippen LogP contribution in [0.15, 0.2) is 16.8 Å². The average Bonchev–Trinajstić information content (AvgIpc) is 2.98. The normalized spacial score (nSPS) is 42.3. The van der Waals surface area contributed by atoms with Crippen molar-refractivity contribution in [3.8, 4) is 0 Å². The van der Waals surface area contributed by atoms with Gasteiger partial charge in [-0.3, -0.25) is 0 Å². The molecule has 4 unspecified atom stereocenters. The molecule has 0 aromatic rings. The lowest BCUT2D eigenvalue weighted by atomic mass is 9.51. The van der Waals surface area contributed by atoms with Crippen molar-refractivity contribution in [1.29, 1.82) is 0 Å². The van der Waals surface area contributed by atoms with Crippen molar-refractivity contribution >= 4 is 5.71 Å². The van der Waals surface area contributed by atoms with Crippen LogP contribution in [0.3, 0.4) is 0 Å². The van der Waals surface area contributed by atoms with Crippen LogP contribution in [-0.4, -0.2) is 12.3 Å². The molecule has 0 amide bonds. The van der Waals surface area contributed by atoms with Crippen LogP contribution in [0.1, 0.15) is 79.1 Å². The smallest absolute Gasteiger partial charge is 0.122 e. The number of hydrogen-bond donors (Lipinski definition) is 0. The zero-order chi connectivity index (χ0) is 16.4. The van der Waals surface area contributed by atoms with E-state index in [0.717, 1.165) is 42.4 Å². The third kappa shape index (κ3) is 3.51. The van der Waals surface area contributed by atoms with Crippen molar-refractivity contribution in [1.82, 2.24) is 0 Å². The molecule has 2 saturated carbocycles. The summed E-state index contributed by atoms with van der Waals surface area (Å²) in [5, 5.41) is 3.65. The Kier molecular flexibility index (Phi) is 5.18. The Labute approximate surface area is 142 Å². The fourth-order valence-corrected chi connectivity index (χ4v) is 5.72. The first-order valence-corrected chi connectivity index (χ1v) is 9.86. The van der Waals surface area contributed by atoms with E-state index in [1.165, 1.54) is 44.9 Å². The molecule has 130 valence electrons. The molecule has 4 rings (SSSR count). The number of fused-ring (bicyclic) bond motifs is 3. The number of oxime groups is 1. The van der Waals surface area contributed by atoms with Crippen LogP contribution in [0.25, 0.3) is 0 Å². The summed E-state index contributed by atoms with van der Waals surface area (Å²) in [7, 11) is 0. The van der Waals surface area contributed by atoms with Crippen LogP contribution in [0.5, 0.6) is 0 Å². The minimum absolute atomic E-state index is 0.584. The molecular weight excluding hydrogens is 282 g/mol. The maximum atomic E-state index is 4.64. The minimum Gasteiger partial charge on any atom is -0.395 e. The van der Waals surface area contributed by atoms with Gasteiger partial charge in [0.15, 0.2) is 0 Å². The largest absolute Gasteiger partial charge is 0.395 e. The summed E-state index contributed by atoms with van der Waals surface area (Å²) < 4.78 is 0. The number of nitrogens with zero attached hydrogens (tertiary/aromatic N) is 1. The summed E-state index contributed by atoms with van der Waals surface area (Å²) >= 11 is 0. The van der Waals surface area contributed by atoms with Crippen LogP contribution in [0, 0.1) is 29.1 Å². The van der Waals surface area contributed by atoms with E-state index in [-0.39, 0.29) is 0 Å². The van der Waals surface area contributed by atoms with Crippen LogP contribution in [0.2, 0.25) is 0 Å². The first-order chi connectivity index (χ1) is 11.0. The second kappa shape index (κ2) is 6.99. The fourth-order valence-electron chi connectivity index (χ4n) is 5.72. The molecule has 0 aromatic heterocycles. The minimum atomic E-state index is 0.584. The van der Waals surface area contributed by atoms with Crippen LogP contribution < -0.4 is 0 Å². The average molecular weight is 318 g/mol. The summed E-state index contributed by atoms with van der Waals surface area (Å²) in [6.45, 7) is 10.3. The van der Waals surface area contributed by atoms with Crippen molar-refractivity contribution in [2.24, 2.45) is 34.2 Å². The molecule has 0 N–H and O–H groups in total. The van der Waals surface area contributed by atoms with Crippen molar-refractivity contribution < 1.29 is 4.84 Å². The SMILES string of the molecule is CC1=NOCC1.CC1CC=C2C(CCC3C(C)CCC[C@@]23C)C1. The molecule has 4 aliphatic rings. The lowest BCUT2D eigenvalue weighted by molar-refractivity contribution is 0.0442. The standard InChI is InChI=1S/C17H28.C4H7NO/c1-12-6-8-16-14(11-12)7-9-15-13(2)5-4-10-17(15,16)3;1-4-2-3-6-5-4/h8,12-15H,4-7,9-11H2,1-3H3;2-3H2,1H3/t12?,13?,14?,15?,17-;/m1./s1. The molecule has 1 aliphatic heterocycles. The molecule has 0 bridgehead atoms. The summed E-state index contributed by atoms with van der Waals surface area (Å²) in [5.41, 5.74) is 3.58. The Morgan fingerprint density at radius 2 is 2.04 bits per heavy atom. The molecule has 0 spiro atoms. The van der Waals surface area contributed by atoms with Gasteiger partial charge >= 0.3 is 0 Å². The molecule has 2 heteroatoms. The van der Waals surface area contributed by atoms with Crippen molar-refractivity contribution in [2.45, 2.75) is 79.1 Å². The van der Waals surface area contributed by atoms with E-state index in [2.05, 4.69) is 36.8 Å². The van der Waals surface area contributed by atoms with E-state index < -0.39 is 0 Å². The maximum Gasteiger partial charge on any atom is 0.122 e. The maximum absolute atomic E-state index is 4.64. The van der Waals surface area contributed by atoms with E-state index in [9.17, 15) is 0 Å². The summed E-state index contributed by atoms with van der Waals surface area (Å²) in [4.78, 5) is 4.64. The number of rotatable bonds is 0. The lowest BCUT2D eigenvalue weighted by Crippen LogP contribution is -2.44. The van der Waals surface area contributed by atoms with E-state index in [0.29, 0.717) is 5.41 Å². The van der Waals surface area contributed by atoms with Crippen molar-refractivity contribution in [3.05, 3.63) is 11.6 Å². The second-order valence-electron chi connectivity index (χ2n) is 8.81. The summed E-state index contributed by atoms with van der Waals surface area (Å²) in [6, 6.07) is 0. The van der Waals surface area contributed by atoms with Gasteiger partial charge in [-0.05, 0) is 68.1 Å². The molecule has 2 fully saturated rings. The molecular formula is C21H35NO. The summed E-state index contributed by atoms with van der Waals surface area (Å²) in [5.74, 6) is 3.84. The Hall–Kier alpha value is -0.790. The van der Waals surface area contributed by atoms with Gasteiger partial charge in [0.25, 0.3) is 0 Å². The van der Waals surface area contributed by atoms with Gasteiger partial charge in [-0.15, -0.1) is 0 Å². The first kappa shape index (κ1) is 17.0. The Morgan fingerprint density at radius 3 is 2.70 bits per heavy atom. The Balaban J connectivity index is 0.000000220. The molecule has 23 heavy (non-hydrogen) atoms. The molecule has 1 heterocycles. The Morgan fingerprint density at radius 1 is 1.22 bits per heavy atom. The predicted molar refractivity (Wildman–Crippen MR) is 97.5 cm³/mol. The predicted octanol–water partition coefficient (Wildman–Crippen LogP) is 5.98. The van der Waals surface area contributed by atoms with E-state index in [4.69, 9.17) is 0 Å². The van der Waals surface area contributed by atoms with Gasteiger partial charge in [0.1, 0.15) is 6.61 Å². The zero-order valence-corrected chi connectivity index (χ0v) is 15.6. The number of hydrogen-bond acceptors (Lipinski definition) is 2. The Bertz CT molecular complexity index is 480. The third-order valence-corrected chi connectivity index (χ3v) is 6.99. The van der Waals surface area contributed by atoms with Crippen LogP contribution >= 0.6 is 0 Å².